The highest BCUT2D eigenvalue weighted by Crippen LogP contribution is 2.13. The largest absolute Gasteiger partial charge is 0.310 e. The number of nitrogens with one attached hydrogen (secondary N) is 1. The monoisotopic (exact) mass is 256 g/mol. The molecule has 0 aliphatic carbocycles. The standard InChI is InChI=1S/C17H24N2/c1-3-11-19-12-9-17(10-13-19)18-14-16-8-6-5-7-15(16)4-2/h1,5-8,17-18H,4,9-14H2,2H3. The molecule has 19 heavy (non-hydrogen) atoms. The lowest BCUT2D eigenvalue weighted by Gasteiger charge is -2.31. The van der Waals surface area contributed by atoms with Crippen molar-refractivity contribution in [3.63, 3.8) is 0 Å². The molecule has 0 saturated carbocycles. The highest BCUT2D eigenvalue weighted by atomic mass is 15.1. The zero-order chi connectivity index (χ0) is 13.5. The second-order valence-corrected chi connectivity index (χ2v) is 5.26. The lowest BCUT2D eigenvalue weighted by atomic mass is 10.0. The Morgan fingerprint density at radius 2 is 1.95 bits per heavy atom. The number of piperidine rings is 1. The summed E-state index contributed by atoms with van der Waals surface area (Å²) in [4.78, 5) is 2.36. The molecule has 1 aliphatic rings. The van der Waals surface area contributed by atoms with Crippen LogP contribution in [0.25, 0.3) is 0 Å². The van der Waals surface area contributed by atoms with Gasteiger partial charge >= 0.3 is 0 Å². The fourth-order valence-corrected chi connectivity index (χ4v) is 2.75. The van der Waals surface area contributed by atoms with Gasteiger partial charge in [-0.15, -0.1) is 6.42 Å². The Labute approximate surface area is 117 Å². The van der Waals surface area contributed by atoms with Gasteiger partial charge in [-0.25, -0.2) is 0 Å². The summed E-state index contributed by atoms with van der Waals surface area (Å²) in [6, 6.07) is 9.36. The van der Waals surface area contributed by atoms with Gasteiger partial charge in [0.25, 0.3) is 0 Å². The van der Waals surface area contributed by atoms with Gasteiger partial charge in [0, 0.05) is 25.7 Å². The van der Waals surface area contributed by atoms with Crippen LogP contribution in [-0.4, -0.2) is 30.6 Å². The van der Waals surface area contributed by atoms with Gasteiger partial charge in [-0.05, 0) is 30.4 Å². The van der Waals surface area contributed by atoms with Crippen LogP contribution in [0.3, 0.4) is 0 Å². The number of benzene rings is 1. The Hall–Kier alpha value is -1.30. The molecule has 1 aromatic rings. The van der Waals surface area contributed by atoms with Crippen LogP contribution in [0.4, 0.5) is 0 Å². The maximum Gasteiger partial charge on any atom is 0.0598 e. The summed E-state index contributed by atoms with van der Waals surface area (Å²) >= 11 is 0. The van der Waals surface area contributed by atoms with E-state index in [1.54, 1.807) is 0 Å². The molecule has 2 rings (SSSR count). The molecule has 1 saturated heterocycles. The van der Waals surface area contributed by atoms with Crippen LogP contribution >= 0.6 is 0 Å². The molecule has 1 aromatic carbocycles. The van der Waals surface area contributed by atoms with Gasteiger partial charge in [-0.1, -0.05) is 37.1 Å². The predicted octanol–water partition coefficient (Wildman–Crippen LogP) is 2.44. The predicted molar refractivity (Wildman–Crippen MR) is 81.0 cm³/mol. The van der Waals surface area contributed by atoms with Crippen LogP contribution in [0, 0.1) is 12.3 Å². The van der Waals surface area contributed by atoms with Crippen LogP contribution in [0.5, 0.6) is 0 Å². The number of rotatable bonds is 5. The van der Waals surface area contributed by atoms with Crippen molar-refractivity contribution in [2.24, 2.45) is 0 Å². The topological polar surface area (TPSA) is 15.3 Å². The lowest BCUT2D eigenvalue weighted by molar-refractivity contribution is 0.217. The Morgan fingerprint density at radius 3 is 2.58 bits per heavy atom. The van der Waals surface area contributed by atoms with E-state index in [9.17, 15) is 0 Å². The normalized spacial score (nSPS) is 17.3. The van der Waals surface area contributed by atoms with E-state index in [4.69, 9.17) is 6.42 Å². The molecule has 1 fully saturated rings. The maximum atomic E-state index is 5.35. The Kier molecular flexibility index (Phi) is 5.44. The first-order chi connectivity index (χ1) is 9.33. The van der Waals surface area contributed by atoms with Crippen molar-refractivity contribution in [2.75, 3.05) is 19.6 Å². The summed E-state index contributed by atoms with van der Waals surface area (Å²) in [6.45, 7) is 6.25. The third-order valence-electron chi connectivity index (χ3n) is 3.98. The number of aryl methyl sites for hydroxylation is 1. The van der Waals surface area contributed by atoms with Gasteiger partial charge in [0.15, 0.2) is 0 Å². The molecular weight excluding hydrogens is 232 g/mol. The molecule has 0 radical (unpaired) electrons. The average molecular weight is 256 g/mol. The highest BCUT2D eigenvalue weighted by molar-refractivity contribution is 5.26. The second kappa shape index (κ2) is 7.33. The van der Waals surface area contributed by atoms with Gasteiger partial charge in [0.2, 0.25) is 0 Å². The minimum Gasteiger partial charge on any atom is -0.310 e. The Balaban J connectivity index is 1.79. The molecule has 2 heteroatoms. The van der Waals surface area contributed by atoms with Crippen LogP contribution in [-0.2, 0) is 13.0 Å². The van der Waals surface area contributed by atoms with E-state index in [1.165, 1.54) is 24.0 Å². The van der Waals surface area contributed by atoms with E-state index in [0.29, 0.717) is 6.04 Å². The molecule has 0 aromatic heterocycles. The van der Waals surface area contributed by atoms with Crippen LogP contribution < -0.4 is 5.32 Å². The average Bonchev–Trinajstić information content (AvgIpc) is 2.47. The van der Waals surface area contributed by atoms with Crippen molar-refractivity contribution >= 4 is 0 Å². The van der Waals surface area contributed by atoms with Crippen molar-refractivity contribution < 1.29 is 0 Å². The van der Waals surface area contributed by atoms with E-state index < -0.39 is 0 Å². The molecular formula is C17H24N2. The first kappa shape index (κ1) is 14.1. The maximum absolute atomic E-state index is 5.35. The molecule has 0 spiro atoms. The molecule has 0 unspecified atom stereocenters. The Bertz CT molecular complexity index is 425. The van der Waals surface area contributed by atoms with Gasteiger partial charge in [0.05, 0.1) is 6.54 Å². The van der Waals surface area contributed by atoms with Crippen molar-refractivity contribution in [1.29, 1.82) is 0 Å². The van der Waals surface area contributed by atoms with Gasteiger partial charge in [-0.3, -0.25) is 4.90 Å². The zero-order valence-electron chi connectivity index (χ0n) is 11.9. The van der Waals surface area contributed by atoms with E-state index in [1.807, 2.05) is 0 Å². The van der Waals surface area contributed by atoms with Crippen molar-refractivity contribution in [1.82, 2.24) is 10.2 Å². The van der Waals surface area contributed by atoms with Gasteiger partial charge in [0.1, 0.15) is 0 Å². The number of likely N-dealkylation sites (tertiary alicyclic amines) is 1. The number of nitrogens with zero attached hydrogens (tertiary/aromatic N) is 1. The summed E-state index contributed by atoms with van der Waals surface area (Å²) in [5.41, 5.74) is 2.90. The lowest BCUT2D eigenvalue weighted by Crippen LogP contribution is -2.42. The van der Waals surface area contributed by atoms with Crippen molar-refractivity contribution in [2.45, 2.75) is 38.8 Å². The summed E-state index contributed by atoms with van der Waals surface area (Å²) in [5.74, 6) is 2.73. The molecule has 0 bridgehead atoms. The summed E-state index contributed by atoms with van der Waals surface area (Å²) in [6.07, 6.45) is 8.87. The summed E-state index contributed by atoms with van der Waals surface area (Å²) < 4.78 is 0. The SMILES string of the molecule is C#CCN1CCC(NCc2ccccc2CC)CC1. The fourth-order valence-electron chi connectivity index (χ4n) is 2.75. The van der Waals surface area contributed by atoms with Gasteiger partial charge in [-0.2, -0.15) is 0 Å². The molecule has 1 N–H and O–H groups in total. The quantitative estimate of drug-likeness (QED) is 0.814. The first-order valence-corrected chi connectivity index (χ1v) is 7.29. The minimum atomic E-state index is 0.638. The Morgan fingerprint density at radius 1 is 1.26 bits per heavy atom. The minimum absolute atomic E-state index is 0.638. The molecule has 0 amide bonds. The van der Waals surface area contributed by atoms with Crippen LogP contribution in [0.2, 0.25) is 0 Å². The van der Waals surface area contributed by atoms with Crippen molar-refractivity contribution in [3.8, 4) is 12.3 Å². The molecule has 102 valence electrons. The number of hydrogen-bond acceptors (Lipinski definition) is 2. The summed E-state index contributed by atoms with van der Waals surface area (Å²) in [7, 11) is 0. The first-order valence-electron chi connectivity index (χ1n) is 7.29. The molecule has 2 nitrogen and oxygen atoms in total. The molecule has 0 atom stereocenters. The van der Waals surface area contributed by atoms with E-state index in [0.717, 1.165) is 32.6 Å². The molecule has 1 heterocycles. The third-order valence-corrected chi connectivity index (χ3v) is 3.98. The van der Waals surface area contributed by atoms with Crippen molar-refractivity contribution in [3.05, 3.63) is 35.4 Å². The number of terminal acetylenes is 1. The highest BCUT2D eigenvalue weighted by Gasteiger charge is 2.17. The second-order valence-electron chi connectivity index (χ2n) is 5.26. The summed E-state index contributed by atoms with van der Waals surface area (Å²) in [5, 5.41) is 3.70. The van der Waals surface area contributed by atoms with E-state index in [2.05, 4.69) is 47.3 Å². The van der Waals surface area contributed by atoms with E-state index >= 15 is 0 Å². The van der Waals surface area contributed by atoms with E-state index in [-0.39, 0.29) is 0 Å². The third kappa shape index (κ3) is 4.09. The van der Waals surface area contributed by atoms with Gasteiger partial charge < -0.3 is 5.32 Å². The van der Waals surface area contributed by atoms with Crippen LogP contribution in [0.1, 0.15) is 30.9 Å². The zero-order valence-corrected chi connectivity index (χ0v) is 11.9. The van der Waals surface area contributed by atoms with Crippen LogP contribution in [0.15, 0.2) is 24.3 Å². The molecule has 1 aliphatic heterocycles. The fraction of sp³-hybridized carbons (Fsp3) is 0.529. The number of hydrogen-bond donors (Lipinski definition) is 1. The smallest absolute Gasteiger partial charge is 0.0598 e.